The summed E-state index contributed by atoms with van der Waals surface area (Å²) >= 11 is 5.93. The lowest BCUT2D eigenvalue weighted by molar-refractivity contribution is -0.121. The van der Waals surface area contributed by atoms with Gasteiger partial charge in [0.25, 0.3) is 0 Å². The van der Waals surface area contributed by atoms with Gasteiger partial charge in [-0.05, 0) is 39.0 Å². The molecule has 0 bridgehead atoms. The van der Waals surface area contributed by atoms with E-state index in [1.807, 2.05) is 20.8 Å². The van der Waals surface area contributed by atoms with Gasteiger partial charge in [0.1, 0.15) is 0 Å². The zero-order valence-corrected chi connectivity index (χ0v) is 13.8. The van der Waals surface area contributed by atoms with E-state index in [1.54, 1.807) is 25.3 Å². The average molecular weight is 314 g/mol. The number of hydrogen-bond donors (Lipinski definition) is 2. The van der Waals surface area contributed by atoms with Crippen LogP contribution in [0.2, 0.25) is 5.02 Å². The molecule has 5 nitrogen and oxygen atoms in total. The molecule has 6 heteroatoms. The third kappa shape index (κ3) is 5.19. The van der Waals surface area contributed by atoms with Crippen LogP contribution in [0.5, 0.6) is 0 Å². The van der Waals surface area contributed by atoms with Gasteiger partial charge >= 0.3 is 0 Å². The van der Waals surface area contributed by atoms with Gasteiger partial charge in [0.05, 0.1) is 24.0 Å². The predicted molar refractivity (Wildman–Crippen MR) is 87.7 cm³/mol. The van der Waals surface area contributed by atoms with E-state index in [0.29, 0.717) is 29.5 Å². The van der Waals surface area contributed by atoms with Crippen molar-refractivity contribution in [3.63, 3.8) is 0 Å². The highest BCUT2D eigenvalue weighted by Crippen LogP contribution is 2.23. The van der Waals surface area contributed by atoms with Crippen molar-refractivity contribution >= 4 is 28.9 Å². The second kappa shape index (κ2) is 8.22. The summed E-state index contributed by atoms with van der Waals surface area (Å²) in [5, 5.41) is 3.37. The van der Waals surface area contributed by atoms with Crippen molar-refractivity contribution in [2.45, 2.75) is 32.9 Å². The largest absolute Gasteiger partial charge is 0.397 e. The minimum Gasteiger partial charge on any atom is -0.397 e. The number of carbonyl (C=O) groups is 1. The molecule has 0 fully saturated rings. The number of anilines is 2. The Balaban J connectivity index is 2.78. The number of nitrogens with one attached hydrogen (secondary N) is 1. The molecule has 1 atom stereocenters. The summed E-state index contributed by atoms with van der Waals surface area (Å²) in [5.74, 6) is -0.117. The lowest BCUT2D eigenvalue weighted by atomic mass is 10.2. The first-order valence-electron chi connectivity index (χ1n) is 6.97. The van der Waals surface area contributed by atoms with E-state index in [-0.39, 0.29) is 18.0 Å². The summed E-state index contributed by atoms with van der Waals surface area (Å²) in [6.07, 6.45) is 0. The lowest BCUT2D eigenvalue weighted by Crippen LogP contribution is -2.47. The Labute approximate surface area is 131 Å². The first-order valence-corrected chi connectivity index (χ1v) is 7.35. The number of methoxy groups -OCH3 is 1. The molecule has 21 heavy (non-hydrogen) atoms. The predicted octanol–water partition coefficient (Wildman–Crippen LogP) is 2.61. The van der Waals surface area contributed by atoms with E-state index >= 15 is 0 Å². The van der Waals surface area contributed by atoms with Gasteiger partial charge in [-0.2, -0.15) is 0 Å². The van der Waals surface area contributed by atoms with Crippen LogP contribution in [0.4, 0.5) is 11.4 Å². The fraction of sp³-hybridized carbons (Fsp3) is 0.533. The van der Waals surface area contributed by atoms with Gasteiger partial charge in [-0.15, -0.1) is 0 Å². The molecule has 1 amide bonds. The van der Waals surface area contributed by atoms with Crippen molar-refractivity contribution in [1.82, 2.24) is 4.90 Å². The fourth-order valence-corrected chi connectivity index (χ4v) is 2.29. The Morgan fingerprint density at radius 2 is 2.10 bits per heavy atom. The number of amides is 1. The minimum atomic E-state index is -0.293. The van der Waals surface area contributed by atoms with E-state index in [9.17, 15) is 4.79 Å². The first-order chi connectivity index (χ1) is 9.86. The molecule has 1 aromatic carbocycles. The van der Waals surface area contributed by atoms with Crippen molar-refractivity contribution < 1.29 is 9.53 Å². The van der Waals surface area contributed by atoms with Crippen molar-refractivity contribution in [3.05, 3.63) is 23.2 Å². The van der Waals surface area contributed by atoms with Crippen LogP contribution in [0.25, 0.3) is 0 Å². The zero-order valence-electron chi connectivity index (χ0n) is 13.0. The maximum absolute atomic E-state index is 12.4. The standard InChI is InChI=1S/C15H24ClN3O2/c1-10(2)19(7-8-21-4)11(3)15(20)18-14-9-12(16)5-6-13(14)17/h5-6,9-11H,7-8,17H2,1-4H3,(H,18,20). The summed E-state index contributed by atoms with van der Waals surface area (Å²) in [7, 11) is 1.65. The van der Waals surface area contributed by atoms with Gasteiger partial charge in [-0.3, -0.25) is 9.69 Å². The average Bonchev–Trinajstić information content (AvgIpc) is 2.42. The summed E-state index contributed by atoms with van der Waals surface area (Å²) in [5.41, 5.74) is 6.88. The Morgan fingerprint density at radius 3 is 2.67 bits per heavy atom. The van der Waals surface area contributed by atoms with Crippen molar-refractivity contribution in [3.8, 4) is 0 Å². The van der Waals surface area contributed by atoms with Crippen LogP contribution in [0.3, 0.4) is 0 Å². The number of rotatable bonds is 7. The summed E-state index contributed by atoms with van der Waals surface area (Å²) in [6, 6.07) is 4.95. The van der Waals surface area contributed by atoms with Crippen LogP contribution in [-0.4, -0.2) is 43.2 Å². The van der Waals surface area contributed by atoms with Gasteiger partial charge in [0, 0.05) is 24.7 Å². The lowest BCUT2D eigenvalue weighted by Gasteiger charge is -2.31. The highest BCUT2D eigenvalue weighted by molar-refractivity contribution is 6.31. The fourth-order valence-electron chi connectivity index (χ4n) is 2.12. The maximum Gasteiger partial charge on any atom is 0.241 e. The number of nitrogens with zero attached hydrogens (tertiary/aromatic N) is 1. The van der Waals surface area contributed by atoms with Gasteiger partial charge in [-0.25, -0.2) is 0 Å². The van der Waals surface area contributed by atoms with E-state index in [0.717, 1.165) is 0 Å². The summed E-state index contributed by atoms with van der Waals surface area (Å²) in [4.78, 5) is 14.5. The Hall–Kier alpha value is -1.30. The smallest absolute Gasteiger partial charge is 0.241 e. The summed E-state index contributed by atoms with van der Waals surface area (Å²) < 4.78 is 5.09. The number of hydrogen-bond acceptors (Lipinski definition) is 4. The molecular formula is C15H24ClN3O2. The molecule has 0 spiro atoms. The van der Waals surface area contributed by atoms with Crippen LogP contribution in [-0.2, 0) is 9.53 Å². The Morgan fingerprint density at radius 1 is 1.43 bits per heavy atom. The normalized spacial score (nSPS) is 12.7. The van der Waals surface area contributed by atoms with E-state index in [4.69, 9.17) is 22.1 Å². The van der Waals surface area contributed by atoms with E-state index in [2.05, 4.69) is 10.2 Å². The molecule has 0 saturated carbocycles. The molecule has 118 valence electrons. The van der Waals surface area contributed by atoms with Crippen molar-refractivity contribution in [2.75, 3.05) is 31.3 Å². The molecule has 3 N–H and O–H groups in total. The number of ether oxygens (including phenoxy) is 1. The summed E-state index contributed by atoms with van der Waals surface area (Å²) in [6.45, 7) is 7.23. The first kappa shape index (κ1) is 17.8. The van der Waals surface area contributed by atoms with Gasteiger partial charge in [0.15, 0.2) is 0 Å². The van der Waals surface area contributed by atoms with Crippen LogP contribution >= 0.6 is 11.6 Å². The Bertz CT molecular complexity index is 480. The molecule has 0 radical (unpaired) electrons. The van der Waals surface area contributed by atoms with Crippen LogP contribution in [0.15, 0.2) is 18.2 Å². The van der Waals surface area contributed by atoms with E-state index < -0.39 is 0 Å². The minimum absolute atomic E-state index is 0.117. The molecule has 0 saturated heterocycles. The molecule has 0 aromatic heterocycles. The van der Waals surface area contributed by atoms with Crippen molar-refractivity contribution in [1.29, 1.82) is 0 Å². The Kier molecular flexibility index (Phi) is 6.95. The number of halogens is 1. The van der Waals surface area contributed by atoms with Crippen LogP contribution < -0.4 is 11.1 Å². The number of nitrogens with two attached hydrogens (primary N) is 1. The number of carbonyl (C=O) groups excluding carboxylic acids is 1. The molecule has 1 rings (SSSR count). The molecule has 1 aromatic rings. The quantitative estimate of drug-likeness (QED) is 0.759. The van der Waals surface area contributed by atoms with Gasteiger partial charge in [0.2, 0.25) is 5.91 Å². The molecule has 0 aliphatic rings. The van der Waals surface area contributed by atoms with Crippen LogP contribution in [0.1, 0.15) is 20.8 Å². The zero-order chi connectivity index (χ0) is 16.0. The van der Waals surface area contributed by atoms with Crippen LogP contribution in [0, 0.1) is 0 Å². The molecular weight excluding hydrogens is 290 g/mol. The third-order valence-corrected chi connectivity index (χ3v) is 3.60. The van der Waals surface area contributed by atoms with Gasteiger partial charge in [-0.1, -0.05) is 11.6 Å². The third-order valence-electron chi connectivity index (χ3n) is 3.37. The molecule has 0 heterocycles. The highest BCUT2D eigenvalue weighted by atomic mass is 35.5. The topological polar surface area (TPSA) is 67.6 Å². The monoisotopic (exact) mass is 313 g/mol. The highest BCUT2D eigenvalue weighted by Gasteiger charge is 2.23. The van der Waals surface area contributed by atoms with Crippen molar-refractivity contribution in [2.24, 2.45) is 0 Å². The molecule has 0 aliphatic heterocycles. The van der Waals surface area contributed by atoms with E-state index in [1.165, 1.54) is 0 Å². The second-order valence-corrected chi connectivity index (χ2v) is 5.66. The number of benzene rings is 1. The SMILES string of the molecule is COCCN(C(C)C)C(C)C(=O)Nc1cc(Cl)ccc1N. The number of nitrogen functional groups attached to an aromatic ring is 1. The second-order valence-electron chi connectivity index (χ2n) is 5.22. The molecule has 1 unspecified atom stereocenters. The van der Waals surface area contributed by atoms with Gasteiger partial charge < -0.3 is 15.8 Å². The maximum atomic E-state index is 12.4. The molecule has 0 aliphatic carbocycles.